The zero-order valence-corrected chi connectivity index (χ0v) is 16.2. The summed E-state index contributed by atoms with van der Waals surface area (Å²) in [5.74, 6) is 0.597. The lowest BCUT2D eigenvalue weighted by Crippen LogP contribution is -2.48. The van der Waals surface area contributed by atoms with E-state index in [1.165, 1.54) is 43.4 Å². The van der Waals surface area contributed by atoms with Crippen molar-refractivity contribution >= 4 is 5.91 Å². The molecule has 0 bridgehead atoms. The van der Waals surface area contributed by atoms with Crippen LogP contribution >= 0.6 is 0 Å². The second-order valence-corrected chi connectivity index (χ2v) is 7.60. The van der Waals surface area contributed by atoms with Gasteiger partial charge in [-0.2, -0.15) is 0 Å². The Hall–Kier alpha value is -1.43. The summed E-state index contributed by atoms with van der Waals surface area (Å²) in [6.45, 7) is 4.44. The summed E-state index contributed by atoms with van der Waals surface area (Å²) < 4.78 is 10.2. The number of piperidine rings is 1. The van der Waals surface area contributed by atoms with Gasteiger partial charge in [0.15, 0.2) is 0 Å². The summed E-state index contributed by atoms with van der Waals surface area (Å²) in [6, 6.07) is 9.46. The van der Waals surface area contributed by atoms with Gasteiger partial charge in [-0.25, -0.2) is 0 Å². The van der Waals surface area contributed by atoms with Gasteiger partial charge in [0, 0.05) is 39.9 Å². The maximum atomic E-state index is 12.3. The summed E-state index contributed by atoms with van der Waals surface area (Å²) in [7, 11) is 3.26. The molecule has 2 aliphatic rings. The zero-order valence-electron chi connectivity index (χ0n) is 16.2. The number of rotatable bonds is 8. The monoisotopic (exact) mass is 360 g/mol. The van der Waals surface area contributed by atoms with Gasteiger partial charge in [-0.1, -0.05) is 24.3 Å². The van der Waals surface area contributed by atoms with Crippen molar-refractivity contribution in [1.82, 2.24) is 9.80 Å². The molecule has 1 aliphatic carbocycles. The second-order valence-electron chi connectivity index (χ2n) is 7.60. The molecule has 1 saturated heterocycles. The van der Waals surface area contributed by atoms with Gasteiger partial charge in [-0.05, 0) is 49.3 Å². The van der Waals surface area contributed by atoms with Gasteiger partial charge in [0.2, 0.25) is 5.91 Å². The van der Waals surface area contributed by atoms with Crippen molar-refractivity contribution in [2.75, 3.05) is 53.6 Å². The Morgan fingerprint density at radius 3 is 2.58 bits per heavy atom. The molecule has 0 aromatic heterocycles. The minimum absolute atomic E-state index is 0.0648. The first-order valence-electron chi connectivity index (χ1n) is 9.77. The Balaban J connectivity index is 1.56. The van der Waals surface area contributed by atoms with Gasteiger partial charge in [0.25, 0.3) is 0 Å². The van der Waals surface area contributed by atoms with Gasteiger partial charge in [-0.3, -0.25) is 9.69 Å². The van der Waals surface area contributed by atoms with Crippen LogP contribution in [0.15, 0.2) is 24.3 Å². The summed E-state index contributed by atoms with van der Waals surface area (Å²) >= 11 is 0. The van der Waals surface area contributed by atoms with Crippen LogP contribution in [0.3, 0.4) is 0 Å². The van der Waals surface area contributed by atoms with Crippen molar-refractivity contribution in [3.63, 3.8) is 0 Å². The molecule has 1 fully saturated rings. The van der Waals surface area contributed by atoms with Crippen molar-refractivity contribution in [3.05, 3.63) is 35.4 Å². The number of hydrogen-bond donors (Lipinski definition) is 0. The van der Waals surface area contributed by atoms with E-state index in [1.807, 2.05) is 4.90 Å². The topological polar surface area (TPSA) is 42.0 Å². The number of amides is 1. The summed E-state index contributed by atoms with van der Waals surface area (Å²) in [4.78, 5) is 16.9. The molecule has 144 valence electrons. The summed E-state index contributed by atoms with van der Waals surface area (Å²) in [5.41, 5.74) is 3.02. The third-order valence-electron chi connectivity index (χ3n) is 5.76. The van der Waals surface area contributed by atoms with Gasteiger partial charge in [-0.15, -0.1) is 0 Å². The molecule has 0 N–H and O–H groups in total. The van der Waals surface area contributed by atoms with E-state index in [1.54, 1.807) is 14.2 Å². The third-order valence-corrected chi connectivity index (χ3v) is 5.76. The van der Waals surface area contributed by atoms with Crippen LogP contribution in [-0.2, 0) is 27.1 Å². The number of fused-ring (bicyclic) bond motifs is 1. The number of likely N-dealkylation sites (tertiary alicyclic amines) is 1. The highest BCUT2D eigenvalue weighted by molar-refractivity contribution is 5.77. The Morgan fingerprint density at radius 2 is 1.92 bits per heavy atom. The van der Waals surface area contributed by atoms with Gasteiger partial charge < -0.3 is 14.4 Å². The van der Waals surface area contributed by atoms with Crippen LogP contribution in [-0.4, -0.2) is 75.4 Å². The molecule has 1 aromatic carbocycles. The number of carbonyl (C=O) groups is 1. The predicted octanol–water partition coefficient (Wildman–Crippen LogP) is 1.99. The fourth-order valence-corrected chi connectivity index (χ4v) is 4.42. The van der Waals surface area contributed by atoms with Crippen LogP contribution in [0.4, 0.5) is 0 Å². The number of benzene rings is 1. The molecule has 0 unspecified atom stereocenters. The Kier molecular flexibility index (Phi) is 7.06. The molecule has 1 amide bonds. The van der Waals surface area contributed by atoms with Crippen molar-refractivity contribution in [2.24, 2.45) is 5.92 Å². The molecule has 0 saturated carbocycles. The Bertz CT molecular complexity index is 567. The Morgan fingerprint density at radius 1 is 1.19 bits per heavy atom. The van der Waals surface area contributed by atoms with Gasteiger partial charge >= 0.3 is 0 Å². The number of methoxy groups -OCH3 is 2. The fourth-order valence-electron chi connectivity index (χ4n) is 4.42. The average molecular weight is 360 g/mol. The number of nitrogens with zero attached hydrogens (tertiary/aromatic N) is 2. The first kappa shape index (κ1) is 19.3. The quantitative estimate of drug-likeness (QED) is 0.711. The molecule has 26 heavy (non-hydrogen) atoms. The van der Waals surface area contributed by atoms with Crippen molar-refractivity contribution in [1.29, 1.82) is 0 Å². The van der Waals surface area contributed by atoms with E-state index in [-0.39, 0.29) is 12.5 Å². The number of hydrogen-bond acceptors (Lipinski definition) is 4. The third kappa shape index (κ3) is 4.84. The number of ether oxygens (including phenoxy) is 2. The van der Waals surface area contributed by atoms with Gasteiger partial charge in [0.05, 0.1) is 6.61 Å². The van der Waals surface area contributed by atoms with Crippen LogP contribution < -0.4 is 0 Å². The standard InChI is InChI=1S/C21H32N2O3/c1-25-11-10-23(21(24)16-26-2)15-17-6-5-9-22(14-17)20-12-18-7-3-4-8-19(18)13-20/h3-4,7-8,17,20H,5-6,9-16H2,1-2H3/t17-/m0/s1. The highest BCUT2D eigenvalue weighted by Gasteiger charge is 2.31. The van der Waals surface area contributed by atoms with Crippen LogP contribution in [0.1, 0.15) is 24.0 Å². The predicted molar refractivity (Wildman–Crippen MR) is 102 cm³/mol. The Labute approximate surface area is 157 Å². The van der Waals surface area contributed by atoms with Crippen molar-refractivity contribution in [2.45, 2.75) is 31.7 Å². The van der Waals surface area contributed by atoms with E-state index < -0.39 is 0 Å². The molecular formula is C21H32N2O3. The lowest BCUT2D eigenvalue weighted by atomic mass is 9.95. The van der Waals surface area contributed by atoms with E-state index in [4.69, 9.17) is 9.47 Å². The highest BCUT2D eigenvalue weighted by Crippen LogP contribution is 2.29. The molecule has 0 radical (unpaired) electrons. The van der Waals surface area contributed by atoms with Crippen molar-refractivity contribution in [3.8, 4) is 0 Å². The maximum Gasteiger partial charge on any atom is 0.248 e. The SMILES string of the molecule is COCCN(C[C@H]1CCCN(C2Cc3ccccc3C2)C1)C(=O)COC. The first-order valence-corrected chi connectivity index (χ1v) is 9.77. The summed E-state index contributed by atoms with van der Waals surface area (Å²) in [5, 5.41) is 0. The van der Waals surface area contributed by atoms with E-state index in [2.05, 4.69) is 29.2 Å². The van der Waals surface area contributed by atoms with E-state index in [9.17, 15) is 4.79 Å². The van der Waals surface area contributed by atoms with E-state index in [0.717, 1.165) is 13.1 Å². The minimum Gasteiger partial charge on any atom is -0.383 e. The summed E-state index contributed by atoms with van der Waals surface area (Å²) in [6.07, 6.45) is 4.74. The average Bonchev–Trinajstić information content (AvgIpc) is 3.10. The lowest BCUT2D eigenvalue weighted by Gasteiger charge is -2.38. The smallest absolute Gasteiger partial charge is 0.248 e. The molecule has 5 heteroatoms. The molecule has 0 spiro atoms. The highest BCUT2D eigenvalue weighted by atomic mass is 16.5. The first-order chi connectivity index (χ1) is 12.7. The molecule has 1 aliphatic heterocycles. The minimum atomic E-state index is 0.0648. The van der Waals surface area contributed by atoms with Crippen LogP contribution in [0.25, 0.3) is 0 Å². The zero-order chi connectivity index (χ0) is 18.4. The van der Waals surface area contributed by atoms with E-state index in [0.29, 0.717) is 25.1 Å². The molecular weight excluding hydrogens is 328 g/mol. The van der Waals surface area contributed by atoms with Crippen LogP contribution in [0.5, 0.6) is 0 Å². The van der Waals surface area contributed by atoms with Crippen molar-refractivity contribution < 1.29 is 14.3 Å². The molecule has 1 heterocycles. The molecule has 1 aromatic rings. The molecule has 3 rings (SSSR count). The van der Waals surface area contributed by atoms with E-state index >= 15 is 0 Å². The van der Waals surface area contributed by atoms with Gasteiger partial charge in [0.1, 0.15) is 6.61 Å². The molecule has 5 nitrogen and oxygen atoms in total. The fraction of sp³-hybridized carbons (Fsp3) is 0.667. The lowest BCUT2D eigenvalue weighted by molar-refractivity contribution is -0.136. The number of carbonyl (C=O) groups excluding carboxylic acids is 1. The van der Waals surface area contributed by atoms with Crippen LogP contribution in [0, 0.1) is 5.92 Å². The normalized spacial score (nSPS) is 20.9. The molecule has 1 atom stereocenters. The second kappa shape index (κ2) is 9.49. The largest absolute Gasteiger partial charge is 0.383 e. The van der Waals surface area contributed by atoms with Crippen LogP contribution in [0.2, 0.25) is 0 Å². The maximum absolute atomic E-state index is 12.3.